The van der Waals surface area contributed by atoms with E-state index in [0.29, 0.717) is 19.4 Å². The Balaban J connectivity index is 0.00000103. The number of rotatable bonds is 16. The maximum atomic E-state index is 12.6. The van der Waals surface area contributed by atoms with E-state index < -0.39 is 23.5 Å². The number of hydrogen-bond acceptors (Lipinski definition) is 6. The Kier molecular flexibility index (Phi) is 19.4. The molecule has 1 fully saturated rings. The number of unbranched alkanes of at least 4 members (excludes halogenated alkanes) is 7. The molecule has 1 rings (SSSR count). The molecular formula is C29H54N2O5. The molecule has 5 N–H and O–H groups in total. The number of nitrogens with two attached hydrogens (primary N) is 2. The maximum Gasteiger partial charge on any atom is 0.320 e. The molecule has 0 saturated heterocycles. The van der Waals surface area contributed by atoms with E-state index in [1.165, 1.54) is 38.5 Å². The molecule has 1 aliphatic rings. The van der Waals surface area contributed by atoms with Crippen molar-refractivity contribution in [2.45, 2.75) is 136 Å². The van der Waals surface area contributed by atoms with E-state index in [4.69, 9.17) is 21.3 Å². The van der Waals surface area contributed by atoms with Crippen molar-refractivity contribution in [3.05, 3.63) is 12.2 Å². The molecule has 0 amide bonds. The quantitative estimate of drug-likeness (QED) is 0.101. The van der Waals surface area contributed by atoms with Crippen LogP contribution in [0.3, 0.4) is 0 Å². The monoisotopic (exact) mass is 510 g/mol. The molecular weight excluding hydrogens is 456 g/mol. The Morgan fingerprint density at radius 2 is 1.67 bits per heavy atom. The zero-order valence-corrected chi connectivity index (χ0v) is 23.4. The van der Waals surface area contributed by atoms with Gasteiger partial charge in [0.05, 0.1) is 0 Å². The highest BCUT2D eigenvalue weighted by molar-refractivity contribution is 6.00. The van der Waals surface area contributed by atoms with E-state index in [1.54, 1.807) is 0 Å². The molecule has 0 radical (unpaired) electrons. The molecule has 7 heteroatoms. The summed E-state index contributed by atoms with van der Waals surface area (Å²) >= 11 is 0. The lowest BCUT2D eigenvalue weighted by Crippen LogP contribution is -2.38. The van der Waals surface area contributed by atoms with Crippen molar-refractivity contribution in [1.82, 2.24) is 0 Å². The number of Topliss-reactive ketones (excluding diaryl/α,β-unsaturated/α-hetero) is 1. The Labute approximate surface area is 219 Å². The van der Waals surface area contributed by atoms with Gasteiger partial charge >= 0.3 is 11.9 Å². The molecule has 0 aromatic heterocycles. The summed E-state index contributed by atoms with van der Waals surface area (Å²) in [5.74, 6) is -1.67. The lowest BCUT2D eigenvalue weighted by molar-refractivity contribution is -0.164. The zero-order chi connectivity index (χ0) is 27.4. The minimum Gasteiger partial charge on any atom is -0.480 e. The number of allylic oxidation sites excluding steroid dienone is 2. The SMILES string of the molecule is CCCCCCCCC=CCCC1CCCC(C(=O)OC(C)(C)C)C1=O.NCCCC[C@H](N)C(=O)O. The summed E-state index contributed by atoms with van der Waals surface area (Å²) in [6.45, 7) is 8.40. The van der Waals surface area contributed by atoms with Crippen molar-refractivity contribution >= 4 is 17.7 Å². The first kappa shape index (κ1) is 34.3. The number of carbonyl (C=O) groups excluding carboxylic acids is 2. The molecule has 7 nitrogen and oxygen atoms in total. The highest BCUT2D eigenvalue weighted by atomic mass is 16.6. The van der Waals surface area contributed by atoms with Gasteiger partial charge in [-0.1, -0.05) is 64.0 Å². The van der Waals surface area contributed by atoms with Crippen LogP contribution in [0, 0.1) is 11.8 Å². The minimum atomic E-state index is -0.933. The average Bonchev–Trinajstić information content (AvgIpc) is 2.80. The van der Waals surface area contributed by atoms with Crippen LogP contribution < -0.4 is 11.5 Å². The number of carboxylic acids is 1. The van der Waals surface area contributed by atoms with Gasteiger partial charge in [0.15, 0.2) is 0 Å². The zero-order valence-electron chi connectivity index (χ0n) is 23.4. The van der Waals surface area contributed by atoms with Gasteiger partial charge < -0.3 is 21.3 Å². The van der Waals surface area contributed by atoms with E-state index in [-0.39, 0.29) is 17.7 Å². The number of hydrogen-bond donors (Lipinski definition) is 3. The van der Waals surface area contributed by atoms with Crippen molar-refractivity contribution in [2.75, 3.05) is 6.54 Å². The topological polar surface area (TPSA) is 133 Å². The van der Waals surface area contributed by atoms with Crippen molar-refractivity contribution in [3.8, 4) is 0 Å². The first-order valence-electron chi connectivity index (χ1n) is 14.1. The first-order valence-corrected chi connectivity index (χ1v) is 14.1. The van der Waals surface area contributed by atoms with Gasteiger partial charge in [0, 0.05) is 5.92 Å². The average molecular weight is 511 g/mol. The number of esters is 1. The lowest BCUT2D eigenvalue weighted by Gasteiger charge is -2.29. The van der Waals surface area contributed by atoms with Crippen LogP contribution in [-0.2, 0) is 19.1 Å². The number of aliphatic carboxylic acids is 1. The van der Waals surface area contributed by atoms with Crippen LogP contribution in [0.2, 0.25) is 0 Å². The Hall–Kier alpha value is -1.73. The molecule has 0 aromatic carbocycles. The summed E-state index contributed by atoms with van der Waals surface area (Å²) in [4.78, 5) is 35.0. The van der Waals surface area contributed by atoms with Crippen molar-refractivity contribution in [1.29, 1.82) is 0 Å². The number of carboxylic acid groups (broad SMARTS) is 1. The highest BCUT2D eigenvalue weighted by Gasteiger charge is 2.37. The number of ketones is 1. The van der Waals surface area contributed by atoms with Gasteiger partial charge in [-0.25, -0.2) is 0 Å². The summed E-state index contributed by atoms with van der Waals surface area (Å²) in [5, 5.41) is 8.33. The lowest BCUT2D eigenvalue weighted by atomic mass is 9.78. The fraction of sp³-hybridized carbons (Fsp3) is 0.828. The van der Waals surface area contributed by atoms with Gasteiger partial charge in [-0.2, -0.15) is 0 Å². The van der Waals surface area contributed by atoms with Crippen LogP contribution in [0.5, 0.6) is 0 Å². The molecule has 36 heavy (non-hydrogen) atoms. The molecule has 1 saturated carbocycles. The van der Waals surface area contributed by atoms with Crippen LogP contribution in [-0.4, -0.2) is 41.0 Å². The van der Waals surface area contributed by atoms with Crippen LogP contribution in [0.25, 0.3) is 0 Å². The van der Waals surface area contributed by atoms with Crippen molar-refractivity contribution < 1.29 is 24.2 Å². The van der Waals surface area contributed by atoms with Crippen LogP contribution in [0.1, 0.15) is 124 Å². The molecule has 0 bridgehead atoms. The van der Waals surface area contributed by atoms with E-state index in [2.05, 4.69) is 19.1 Å². The predicted octanol–water partition coefficient (Wildman–Crippen LogP) is 5.93. The molecule has 210 valence electrons. The molecule has 0 aromatic rings. The molecule has 0 heterocycles. The Morgan fingerprint density at radius 3 is 2.28 bits per heavy atom. The Morgan fingerprint density at radius 1 is 1.03 bits per heavy atom. The summed E-state index contributed by atoms with van der Waals surface area (Å²) < 4.78 is 5.43. The van der Waals surface area contributed by atoms with Gasteiger partial charge in [-0.05, 0) is 78.7 Å². The van der Waals surface area contributed by atoms with Gasteiger partial charge in [0.25, 0.3) is 0 Å². The molecule has 2 unspecified atom stereocenters. The summed E-state index contributed by atoms with van der Waals surface area (Å²) in [7, 11) is 0. The third-order valence-electron chi connectivity index (χ3n) is 6.34. The number of ether oxygens (including phenoxy) is 1. The smallest absolute Gasteiger partial charge is 0.320 e. The van der Waals surface area contributed by atoms with Crippen LogP contribution >= 0.6 is 0 Å². The van der Waals surface area contributed by atoms with Crippen LogP contribution in [0.4, 0.5) is 0 Å². The fourth-order valence-electron chi connectivity index (χ4n) is 4.24. The summed E-state index contributed by atoms with van der Waals surface area (Å²) in [6.07, 6.45) is 20.1. The van der Waals surface area contributed by atoms with Gasteiger partial charge in [-0.3, -0.25) is 14.4 Å². The maximum absolute atomic E-state index is 12.6. The second-order valence-corrected chi connectivity index (χ2v) is 11.0. The van der Waals surface area contributed by atoms with E-state index in [9.17, 15) is 14.4 Å². The molecule has 0 aliphatic heterocycles. The van der Waals surface area contributed by atoms with Gasteiger partial charge in [0.1, 0.15) is 23.3 Å². The second-order valence-electron chi connectivity index (χ2n) is 11.0. The van der Waals surface area contributed by atoms with E-state index >= 15 is 0 Å². The van der Waals surface area contributed by atoms with Crippen molar-refractivity contribution in [3.63, 3.8) is 0 Å². The third-order valence-corrected chi connectivity index (χ3v) is 6.34. The fourth-order valence-corrected chi connectivity index (χ4v) is 4.24. The van der Waals surface area contributed by atoms with Crippen molar-refractivity contribution in [2.24, 2.45) is 23.3 Å². The number of carbonyl (C=O) groups is 3. The minimum absolute atomic E-state index is 0.0277. The van der Waals surface area contributed by atoms with Gasteiger partial charge in [0.2, 0.25) is 0 Å². The molecule has 3 atom stereocenters. The largest absolute Gasteiger partial charge is 0.480 e. The first-order chi connectivity index (χ1) is 17.0. The normalized spacial score (nSPS) is 19.0. The Bertz CT molecular complexity index is 642. The highest BCUT2D eigenvalue weighted by Crippen LogP contribution is 2.30. The molecule has 0 spiro atoms. The van der Waals surface area contributed by atoms with Gasteiger partial charge in [-0.15, -0.1) is 0 Å². The standard InChI is InChI=1S/C23H40O3.C6H14N2O2/c1-5-6-7-8-9-10-11-12-13-14-16-19-17-15-18-20(21(19)24)22(25)26-23(2,3)4;7-4-2-1-3-5(8)6(9)10/h12-13,19-20H,5-11,14-18H2,1-4H3;5H,1-4,7-8H2,(H,9,10)/t;5-/m.0/s1. The van der Waals surface area contributed by atoms with E-state index in [1.807, 2.05) is 20.8 Å². The van der Waals surface area contributed by atoms with E-state index in [0.717, 1.165) is 44.9 Å². The predicted molar refractivity (Wildman–Crippen MR) is 147 cm³/mol. The summed E-state index contributed by atoms with van der Waals surface area (Å²) in [6, 6.07) is -0.716. The summed E-state index contributed by atoms with van der Waals surface area (Å²) in [5.41, 5.74) is 9.90. The third kappa shape index (κ3) is 17.7. The van der Waals surface area contributed by atoms with Crippen LogP contribution in [0.15, 0.2) is 12.2 Å². The second kappa shape index (κ2) is 20.3. The molecule has 1 aliphatic carbocycles.